The predicted molar refractivity (Wildman–Crippen MR) is 83.2 cm³/mol. The van der Waals surface area contributed by atoms with Gasteiger partial charge in [-0.25, -0.2) is 4.68 Å². The van der Waals surface area contributed by atoms with Crippen molar-refractivity contribution in [2.24, 2.45) is 0 Å². The van der Waals surface area contributed by atoms with Crippen LogP contribution in [-0.2, 0) is 11.3 Å². The van der Waals surface area contributed by atoms with E-state index in [9.17, 15) is 4.79 Å². The van der Waals surface area contributed by atoms with Gasteiger partial charge in [0.25, 0.3) is 0 Å². The van der Waals surface area contributed by atoms with Crippen molar-refractivity contribution in [2.75, 3.05) is 20.3 Å². The maximum absolute atomic E-state index is 12.0. The fourth-order valence-electron chi connectivity index (χ4n) is 1.93. The molecule has 1 heterocycles. The largest absolute Gasteiger partial charge is 0.383 e. The monoisotopic (exact) mass is 307 g/mol. The molecule has 2 aromatic rings. The molecule has 6 heteroatoms. The lowest BCUT2D eigenvalue weighted by Crippen LogP contribution is -2.26. The summed E-state index contributed by atoms with van der Waals surface area (Å²) in [7, 11) is 1.64. The van der Waals surface area contributed by atoms with Crippen molar-refractivity contribution in [3.63, 3.8) is 0 Å². The molecule has 0 fully saturated rings. The summed E-state index contributed by atoms with van der Waals surface area (Å²) in [5.74, 6) is 0. The van der Waals surface area contributed by atoms with E-state index in [1.54, 1.807) is 30.0 Å². The second kappa shape index (κ2) is 7.36. The van der Waals surface area contributed by atoms with Crippen LogP contribution < -0.4 is 10.7 Å². The Kier molecular flexibility index (Phi) is 5.50. The molecule has 0 atom stereocenters. The van der Waals surface area contributed by atoms with Gasteiger partial charge < -0.3 is 10.1 Å². The van der Waals surface area contributed by atoms with E-state index in [-0.39, 0.29) is 5.43 Å². The molecule has 0 aliphatic heterocycles. The number of rotatable bonds is 6. The number of aryl methyl sites for hydroxylation is 1. The Balaban J connectivity index is 2.25. The van der Waals surface area contributed by atoms with Crippen molar-refractivity contribution in [1.29, 1.82) is 0 Å². The minimum Gasteiger partial charge on any atom is -0.383 e. The second-order valence-corrected chi connectivity index (χ2v) is 5.09. The van der Waals surface area contributed by atoms with Gasteiger partial charge in [0.1, 0.15) is 5.69 Å². The summed E-state index contributed by atoms with van der Waals surface area (Å²) in [6, 6.07) is 8.93. The number of hydrogen-bond donors (Lipinski definition) is 1. The first-order chi connectivity index (χ1) is 10.1. The van der Waals surface area contributed by atoms with E-state index in [0.717, 1.165) is 11.4 Å². The van der Waals surface area contributed by atoms with E-state index in [1.807, 2.05) is 19.1 Å². The maximum atomic E-state index is 12.0. The van der Waals surface area contributed by atoms with E-state index < -0.39 is 0 Å². The molecule has 0 saturated heterocycles. The van der Waals surface area contributed by atoms with E-state index >= 15 is 0 Å². The lowest BCUT2D eigenvalue weighted by Gasteiger charge is -2.11. The van der Waals surface area contributed by atoms with Gasteiger partial charge in [0.2, 0.25) is 5.43 Å². The Morgan fingerprint density at radius 3 is 2.71 bits per heavy atom. The first-order valence-electron chi connectivity index (χ1n) is 6.67. The molecule has 1 aromatic carbocycles. The lowest BCUT2D eigenvalue weighted by atomic mass is 10.3. The maximum Gasteiger partial charge on any atom is 0.204 e. The SMILES string of the molecule is COCCNCc1nn(-c2ccc(Cl)cc2)c(C)cc1=O. The molecule has 0 unspecified atom stereocenters. The van der Waals surface area contributed by atoms with Crippen LogP contribution in [-0.4, -0.2) is 30.0 Å². The Hall–Kier alpha value is -1.69. The van der Waals surface area contributed by atoms with Gasteiger partial charge in [-0.1, -0.05) is 11.6 Å². The van der Waals surface area contributed by atoms with Crippen LogP contribution in [0.4, 0.5) is 0 Å². The Labute approximate surface area is 128 Å². The molecule has 0 amide bonds. The van der Waals surface area contributed by atoms with Gasteiger partial charge in [0.05, 0.1) is 12.3 Å². The standard InChI is InChI=1S/C15H18ClN3O2/c1-11-9-15(20)14(10-17-7-8-21-2)18-19(11)13-5-3-12(16)4-6-13/h3-6,9,17H,7-8,10H2,1-2H3. The van der Waals surface area contributed by atoms with Crippen LogP contribution in [0.25, 0.3) is 5.69 Å². The van der Waals surface area contributed by atoms with Crippen LogP contribution >= 0.6 is 11.6 Å². The van der Waals surface area contributed by atoms with Crippen LogP contribution in [0.5, 0.6) is 0 Å². The molecule has 0 saturated carbocycles. The van der Waals surface area contributed by atoms with Crippen molar-refractivity contribution < 1.29 is 4.74 Å². The number of benzene rings is 1. The van der Waals surface area contributed by atoms with Gasteiger partial charge in [0.15, 0.2) is 0 Å². The summed E-state index contributed by atoms with van der Waals surface area (Å²) in [5.41, 5.74) is 2.06. The van der Waals surface area contributed by atoms with Gasteiger partial charge in [-0.3, -0.25) is 4.79 Å². The quantitative estimate of drug-likeness (QED) is 0.829. The van der Waals surface area contributed by atoms with Crippen molar-refractivity contribution in [1.82, 2.24) is 15.1 Å². The predicted octanol–water partition coefficient (Wildman–Crippen LogP) is 1.93. The summed E-state index contributed by atoms with van der Waals surface area (Å²) >= 11 is 5.89. The molecule has 0 radical (unpaired) electrons. The third-order valence-electron chi connectivity index (χ3n) is 3.03. The highest BCUT2D eigenvalue weighted by Crippen LogP contribution is 2.13. The van der Waals surface area contributed by atoms with Gasteiger partial charge in [-0.05, 0) is 31.2 Å². The van der Waals surface area contributed by atoms with E-state index in [1.165, 1.54) is 0 Å². The van der Waals surface area contributed by atoms with Crippen molar-refractivity contribution in [3.05, 3.63) is 57.0 Å². The second-order valence-electron chi connectivity index (χ2n) is 4.65. The number of aromatic nitrogens is 2. The molecule has 1 N–H and O–H groups in total. The summed E-state index contributed by atoms with van der Waals surface area (Å²) in [6.07, 6.45) is 0. The molecule has 0 bridgehead atoms. The summed E-state index contributed by atoms with van der Waals surface area (Å²) in [5, 5.41) is 8.22. The zero-order valence-corrected chi connectivity index (χ0v) is 12.9. The molecule has 1 aromatic heterocycles. The molecule has 0 aliphatic rings. The summed E-state index contributed by atoms with van der Waals surface area (Å²) < 4.78 is 6.70. The first-order valence-corrected chi connectivity index (χ1v) is 7.05. The van der Waals surface area contributed by atoms with Crippen molar-refractivity contribution in [3.8, 4) is 5.69 Å². The zero-order chi connectivity index (χ0) is 15.2. The van der Waals surface area contributed by atoms with Gasteiger partial charge in [0, 0.05) is 37.0 Å². The smallest absolute Gasteiger partial charge is 0.204 e. The number of halogens is 1. The van der Waals surface area contributed by atoms with E-state index in [4.69, 9.17) is 16.3 Å². The molecule has 0 spiro atoms. The van der Waals surface area contributed by atoms with Crippen LogP contribution in [0.1, 0.15) is 11.4 Å². The summed E-state index contributed by atoms with van der Waals surface area (Å²) in [6.45, 7) is 3.53. The minimum atomic E-state index is -0.0670. The van der Waals surface area contributed by atoms with Crippen LogP contribution in [0, 0.1) is 6.92 Å². The molecule has 0 aliphatic carbocycles. The Morgan fingerprint density at radius 2 is 2.05 bits per heavy atom. The lowest BCUT2D eigenvalue weighted by molar-refractivity contribution is 0.199. The number of nitrogens with one attached hydrogen (secondary N) is 1. The van der Waals surface area contributed by atoms with Crippen LogP contribution in [0.2, 0.25) is 5.02 Å². The highest BCUT2D eigenvalue weighted by atomic mass is 35.5. The third kappa shape index (κ3) is 4.14. The first kappa shape index (κ1) is 15.7. The van der Waals surface area contributed by atoms with Crippen LogP contribution in [0.15, 0.2) is 35.1 Å². The number of hydrogen-bond acceptors (Lipinski definition) is 4. The molecule has 112 valence electrons. The molecular weight excluding hydrogens is 290 g/mol. The molecule has 2 rings (SSSR count). The topological polar surface area (TPSA) is 56.1 Å². The van der Waals surface area contributed by atoms with Crippen molar-refractivity contribution >= 4 is 11.6 Å². The highest BCUT2D eigenvalue weighted by molar-refractivity contribution is 6.30. The van der Waals surface area contributed by atoms with Gasteiger partial charge in [-0.2, -0.15) is 5.10 Å². The van der Waals surface area contributed by atoms with E-state index in [2.05, 4.69) is 10.4 Å². The Morgan fingerprint density at radius 1 is 1.33 bits per heavy atom. The van der Waals surface area contributed by atoms with Gasteiger partial charge in [-0.15, -0.1) is 0 Å². The number of methoxy groups -OCH3 is 1. The fourth-order valence-corrected chi connectivity index (χ4v) is 2.06. The zero-order valence-electron chi connectivity index (χ0n) is 12.1. The average Bonchev–Trinajstić information content (AvgIpc) is 2.47. The van der Waals surface area contributed by atoms with E-state index in [0.29, 0.717) is 30.4 Å². The highest BCUT2D eigenvalue weighted by Gasteiger charge is 2.07. The summed E-state index contributed by atoms with van der Waals surface area (Å²) in [4.78, 5) is 12.0. The minimum absolute atomic E-state index is 0.0670. The third-order valence-corrected chi connectivity index (χ3v) is 3.28. The normalized spacial score (nSPS) is 10.8. The number of nitrogens with zero attached hydrogens (tertiary/aromatic N) is 2. The van der Waals surface area contributed by atoms with Crippen molar-refractivity contribution in [2.45, 2.75) is 13.5 Å². The van der Waals surface area contributed by atoms with Crippen LogP contribution in [0.3, 0.4) is 0 Å². The average molecular weight is 308 g/mol. The molecule has 21 heavy (non-hydrogen) atoms. The molecule has 5 nitrogen and oxygen atoms in total. The fraction of sp³-hybridized carbons (Fsp3) is 0.333. The molecular formula is C15H18ClN3O2. The Bertz CT molecular complexity index is 653. The number of ether oxygens (including phenoxy) is 1. The van der Waals surface area contributed by atoms with Gasteiger partial charge >= 0.3 is 0 Å².